The molecule has 0 unspecified atom stereocenters. The van der Waals surface area contributed by atoms with Crippen molar-refractivity contribution in [3.05, 3.63) is 59.9 Å². The van der Waals surface area contributed by atoms with E-state index < -0.39 is 0 Å². The number of benzene rings is 2. The summed E-state index contributed by atoms with van der Waals surface area (Å²) in [5.41, 5.74) is 3.19. The van der Waals surface area contributed by atoms with E-state index in [1.165, 1.54) is 0 Å². The third kappa shape index (κ3) is 2.63. The van der Waals surface area contributed by atoms with Crippen molar-refractivity contribution in [3.8, 4) is 11.8 Å². The average Bonchev–Trinajstić information content (AvgIpc) is 2.97. The Bertz CT molecular complexity index is 805. The highest BCUT2D eigenvalue weighted by atomic mass is 16.5. The highest BCUT2D eigenvalue weighted by molar-refractivity contribution is 5.90. The van der Waals surface area contributed by atoms with Crippen molar-refractivity contribution in [3.63, 3.8) is 0 Å². The maximum Gasteiger partial charge on any atom is 0.149 e. The van der Waals surface area contributed by atoms with E-state index in [4.69, 9.17) is 4.74 Å². The molecule has 0 saturated carbocycles. The molecule has 0 saturated heterocycles. The van der Waals surface area contributed by atoms with Gasteiger partial charge in [0.2, 0.25) is 0 Å². The lowest BCUT2D eigenvalue weighted by Gasteiger charge is -2.00. The number of nitrogens with zero attached hydrogens (tertiary/aromatic N) is 2. The SMILES string of the molecule is COc1ccc(/C=C(/C#N)c2nc3ccccc3[nH]2)cc1. The lowest BCUT2D eigenvalue weighted by Crippen LogP contribution is -1.86. The smallest absolute Gasteiger partial charge is 0.149 e. The molecule has 2 aromatic carbocycles. The zero-order valence-electron chi connectivity index (χ0n) is 11.5. The summed E-state index contributed by atoms with van der Waals surface area (Å²) in [7, 11) is 1.62. The van der Waals surface area contributed by atoms with Crippen LogP contribution in [-0.2, 0) is 0 Å². The Morgan fingerprint density at radius 1 is 1.19 bits per heavy atom. The molecule has 0 aliphatic carbocycles. The van der Waals surface area contributed by atoms with Crippen LogP contribution in [0.4, 0.5) is 0 Å². The number of H-pyrrole nitrogens is 1. The number of nitrogens with one attached hydrogen (secondary N) is 1. The monoisotopic (exact) mass is 275 g/mol. The average molecular weight is 275 g/mol. The molecular weight excluding hydrogens is 262 g/mol. The van der Waals surface area contributed by atoms with Crippen LogP contribution < -0.4 is 4.74 Å². The van der Waals surface area contributed by atoms with E-state index in [1.54, 1.807) is 13.2 Å². The van der Waals surface area contributed by atoms with Gasteiger partial charge in [-0.2, -0.15) is 5.26 Å². The normalized spacial score (nSPS) is 11.3. The Balaban J connectivity index is 2.00. The van der Waals surface area contributed by atoms with Gasteiger partial charge in [-0.05, 0) is 35.9 Å². The fourth-order valence-corrected chi connectivity index (χ4v) is 2.10. The van der Waals surface area contributed by atoms with Gasteiger partial charge in [0.15, 0.2) is 0 Å². The largest absolute Gasteiger partial charge is 0.497 e. The van der Waals surface area contributed by atoms with Crippen LogP contribution in [-0.4, -0.2) is 17.1 Å². The van der Waals surface area contributed by atoms with E-state index >= 15 is 0 Å². The Hall–Kier alpha value is -3.06. The van der Waals surface area contributed by atoms with Crippen molar-refractivity contribution < 1.29 is 4.74 Å². The highest BCUT2D eigenvalue weighted by Gasteiger charge is 2.07. The van der Waals surface area contributed by atoms with E-state index in [0.717, 1.165) is 22.3 Å². The van der Waals surface area contributed by atoms with Crippen LogP contribution in [0, 0.1) is 11.3 Å². The number of para-hydroxylation sites is 2. The number of aromatic amines is 1. The zero-order chi connectivity index (χ0) is 14.7. The maximum absolute atomic E-state index is 9.36. The quantitative estimate of drug-likeness (QED) is 0.742. The van der Waals surface area contributed by atoms with E-state index in [1.807, 2.05) is 48.5 Å². The molecule has 0 spiro atoms. The maximum atomic E-state index is 9.36. The molecular formula is C17H13N3O. The molecule has 0 aliphatic rings. The van der Waals surface area contributed by atoms with E-state index in [-0.39, 0.29) is 0 Å². The molecule has 4 nitrogen and oxygen atoms in total. The van der Waals surface area contributed by atoms with Crippen molar-refractivity contribution in [2.75, 3.05) is 7.11 Å². The summed E-state index contributed by atoms with van der Waals surface area (Å²) >= 11 is 0. The number of ether oxygens (including phenoxy) is 1. The number of aromatic nitrogens is 2. The Kier molecular flexibility index (Phi) is 3.40. The molecule has 21 heavy (non-hydrogen) atoms. The standard InChI is InChI=1S/C17H13N3O/c1-21-14-8-6-12(7-9-14)10-13(11-18)17-19-15-4-2-3-5-16(15)20-17/h2-10H,1H3,(H,19,20)/b13-10-. The topological polar surface area (TPSA) is 61.7 Å². The number of methoxy groups -OCH3 is 1. The van der Waals surface area contributed by atoms with Crippen molar-refractivity contribution in [2.24, 2.45) is 0 Å². The first-order valence-electron chi connectivity index (χ1n) is 6.51. The van der Waals surface area contributed by atoms with Crippen LogP contribution in [0.1, 0.15) is 11.4 Å². The van der Waals surface area contributed by atoms with Gasteiger partial charge in [0.05, 0.1) is 23.7 Å². The summed E-state index contributed by atoms with van der Waals surface area (Å²) in [6, 6.07) is 17.4. The van der Waals surface area contributed by atoms with Crippen molar-refractivity contribution in [1.82, 2.24) is 9.97 Å². The first-order valence-corrected chi connectivity index (χ1v) is 6.51. The molecule has 102 valence electrons. The minimum Gasteiger partial charge on any atom is -0.497 e. The van der Waals surface area contributed by atoms with Gasteiger partial charge >= 0.3 is 0 Å². The van der Waals surface area contributed by atoms with Gasteiger partial charge in [-0.1, -0.05) is 24.3 Å². The summed E-state index contributed by atoms with van der Waals surface area (Å²) in [5, 5.41) is 9.36. The third-order valence-electron chi connectivity index (χ3n) is 3.19. The van der Waals surface area contributed by atoms with Crippen LogP contribution >= 0.6 is 0 Å². The van der Waals surface area contributed by atoms with Crippen LogP contribution in [0.2, 0.25) is 0 Å². The van der Waals surface area contributed by atoms with Crippen LogP contribution in [0.3, 0.4) is 0 Å². The Labute approximate surface area is 122 Å². The predicted octanol–water partition coefficient (Wildman–Crippen LogP) is 3.64. The molecule has 0 radical (unpaired) electrons. The number of nitriles is 1. The molecule has 3 aromatic rings. The molecule has 0 amide bonds. The fourth-order valence-electron chi connectivity index (χ4n) is 2.10. The van der Waals surface area contributed by atoms with Gasteiger partial charge in [-0.25, -0.2) is 4.98 Å². The Morgan fingerprint density at radius 2 is 1.95 bits per heavy atom. The molecule has 0 atom stereocenters. The molecule has 1 heterocycles. The van der Waals surface area contributed by atoms with Gasteiger partial charge in [0, 0.05) is 0 Å². The molecule has 3 rings (SSSR count). The van der Waals surface area contributed by atoms with Gasteiger partial charge in [0.25, 0.3) is 0 Å². The van der Waals surface area contributed by atoms with E-state index in [2.05, 4.69) is 16.0 Å². The number of fused-ring (bicyclic) bond motifs is 1. The van der Waals surface area contributed by atoms with Gasteiger partial charge < -0.3 is 9.72 Å². The lowest BCUT2D eigenvalue weighted by molar-refractivity contribution is 0.415. The van der Waals surface area contributed by atoms with Crippen LogP contribution in [0.25, 0.3) is 22.7 Å². The number of hydrogen-bond donors (Lipinski definition) is 1. The first-order chi connectivity index (χ1) is 10.3. The summed E-state index contributed by atoms with van der Waals surface area (Å²) in [5.74, 6) is 1.36. The minimum atomic E-state index is 0.497. The van der Waals surface area contributed by atoms with Crippen molar-refractivity contribution in [2.45, 2.75) is 0 Å². The first kappa shape index (κ1) is 12.9. The van der Waals surface area contributed by atoms with Crippen LogP contribution in [0.15, 0.2) is 48.5 Å². The molecule has 1 aromatic heterocycles. The summed E-state index contributed by atoms with van der Waals surface area (Å²) in [4.78, 5) is 7.61. The minimum absolute atomic E-state index is 0.497. The second-order valence-corrected chi connectivity index (χ2v) is 4.55. The van der Waals surface area contributed by atoms with Gasteiger partial charge in [-0.3, -0.25) is 0 Å². The summed E-state index contributed by atoms with van der Waals surface area (Å²) < 4.78 is 5.12. The number of hydrogen-bond acceptors (Lipinski definition) is 3. The fraction of sp³-hybridized carbons (Fsp3) is 0.0588. The highest BCUT2D eigenvalue weighted by Crippen LogP contribution is 2.20. The molecule has 1 N–H and O–H groups in total. The Morgan fingerprint density at radius 3 is 2.62 bits per heavy atom. The predicted molar refractivity (Wildman–Crippen MR) is 82.6 cm³/mol. The second kappa shape index (κ2) is 5.51. The number of imidazole rings is 1. The number of rotatable bonds is 3. The molecule has 0 aliphatic heterocycles. The van der Waals surface area contributed by atoms with E-state index in [9.17, 15) is 5.26 Å². The zero-order valence-corrected chi connectivity index (χ0v) is 11.5. The molecule has 0 bridgehead atoms. The van der Waals surface area contributed by atoms with Crippen molar-refractivity contribution >= 4 is 22.7 Å². The van der Waals surface area contributed by atoms with Gasteiger partial charge in [0.1, 0.15) is 17.6 Å². The number of allylic oxidation sites excluding steroid dienone is 1. The van der Waals surface area contributed by atoms with E-state index in [0.29, 0.717) is 11.4 Å². The lowest BCUT2D eigenvalue weighted by atomic mass is 10.1. The third-order valence-corrected chi connectivity index (χ3v) is 3.19. The molecule has 0 fully saturated rings. The van der Waals surface area contributed by atoms with Crippen LogP contribution in [0.5, 0.6) is 5.75 Å². The van der Waals surface area contributed by atoms with Crippen molar-refractivity contribution in [1.29, 1.82) is 5.26 Å². The summed E-state index contributed by atoms with van der Waals surface area (Å²) in [6.45, 7) is 0. The van der Waals surface area contributed by atoms with Gasteiger partial charge in [-0.15, -0.1) is 0 Å². The summed E-state index contributed by atoms with van der Waals surface area (Å²) in [6.07, 6.45) is 1.80. The second-order valence-electron chi connectivity index (χ2n) is 4.55. The molecule has 4 heteroatoms.